The molecule has 24 heavy (non-hydrogen) atoms. The minimum Gasteiger partial charge on any atom is -0.855 e. The van der Waals surface area contributed by atoms with Gasteiger partial charge in [-0.1, -0.05) is 0 Å². The van der Waals surface area contributed by atoms with Crippen molar-refractivity contribution in [1.29, 1.82) is 0 Å². The van der Waals surface area contributed by atoms with E-state index in [0.29, 0.717) is 52.9 Å². The molecule has 4 saturated heterocycles. The van der Waals surface area contributed by atoms with Gasteiger partial charge in [-0.3, -0.25) is 0 Å². The van der Waals surface area contributed by atoms with Crippen LogP contribution in [-0.4, -0.2) is 84.2 Å². The van der Waals surface area contributed by atoms with Crippen LogP contribution in [-0.2, 0) is 35.4 Å². The van der Waals surface area contributed by atoms with Gasteiger partial charge in [-0.25, -0.2) is 0 Å². The molecule has 4 rings (SSSR count). The summed E-state index contributed by atoms with van der Waals surface area (Å²) in [5.74, 6) is 0. The summed E-state index contributed by atoms with van der Waals surface area (Å²) in [6.07, 6.45) is 0. The van der Waals surface area contributed by atoms with Gasteiger partial charge in [0.1, 0.15) is 0 Å². The van der Waals surface area contributed by atoms with Gasteiger partial charge in [0.2, 0.25) is 0 Å². The maximum absolute atomic E-state index is 8.99. The summed E-state index contributed by atoms with van der Waals surface area (Å²) < 4.78 is 41.4. The Morgan fingerprint density at radius 1 is 0.458 bits per heavy atom. The smallest absolute Gasteiger partial charge is 0.855 e. The van der Waals surface area contributed by atoms with Crippen molar-refractivity contribution >= 4 is 18.1 Å². The second-order valence-corrected chi connectivity index (χ2v) is 8.51. The Kier molecular flexibility index (Phi) is 15.3. The molecule has 130 valence electrons. The molecule has 4 aliphatic heterocycles. The maximum atomic E-state index is 8.99. The SMILES string of the molecule is C1CO[Si]2(O1)OCCO2.C1CO[Si]2(O1)OCCO2.[Na+].[Na+].[O-]CC[O-]. The molecule has 0 bridgehead atoms. The second kappa shape index (κ2) is 14.1. The maximum Gasteiger partial charge on any atom is 1.00 e. The van der Waals surface area contributed by atoms with Crippen LogP contribution >= 0.6 is 0 Å². The summed E-state index contributed by atoms with van der Waals surface area (Å²) in [6.45, 7) is 3.97. The molecule has 0 aromatic carbocycles. The summed E-state index contributed by atoms with van der Waals surface area (Å²) in [7, 11) is -4.94. The fourth-order valence-electron chi connectivity index (χ4n) is 1.83. The average Bonchev–Trinajstić information content (AvgIpc) is 3.35. The van der Waals surface area contributed by atoms with E-state index in [-0.39, 0.29) is 59.1 Å². The van der Waals surface area contributed by atoms with Gasteiger partial charge >= 0.3 is 77.2 Å². The first-order valence-corrected chi connectivity index (χ1v) is 10.3. The standard InChI is InChI=1S/2C4H8O4Si.C2H4O2.2Na/c2*1-2-6-9(5-1)7-3-4-8-9;3-1-2-4;;/h2*1-4H2;1-2H2;;/q;;-2;2*+1. The summed E-state index contributed by atoms with van der Waals surface area (Å²) in [4.78, 5) is 0. The number of rotatable bonds is 1. The van der Waals surface area contributed by atoms with Crippen LogP contribution in [0.4, 0.5) is 0 Å². The van der Waals surface area contributed by atoms with E-state index in [1.807, 2.05) is 0 Å². The first kappa shape index (κ1) is 26.0. The third-order valence-electron chi connectivity index (χ3n) is 2.65. The Balaban J connectivity index is 0.000000341. The molecule has 0 aliphatic carbocycles. The number of hydrogen-bond acceptors (Lipinski definition) is 10. The van der Waals surface area contributed by atoms with Crippen molar-refractivity contribution in [3.8, 4) is 0 Å². The van der Waals surface area contributed by atoms with Gasteiger partial charge in [-0.15, -0.1) is 0 Å². The molecule has 0 aromatic heterocycles. The van der Waals surface area contributed by atoms with E-state index in [1.165, 1.54) is 0 Å². The van der Waals surface area contributed by atoms with Crippen LogP contribution in [0.3, 0.4) is 0 Å². The Morgan fingerprint density at radius 2 is 0.625 bits per heavy atom. The van der Waals surface area contributed by atoms with E-state index >= 15 is 0 Å². The topological polar surface area (TPSA) is 120 Å². The van der Waals surface area contributed by atoms with E-state index in [1.54, 1.807) is 0 Å². The minimum absolute atomic E-state index is 0. The zero-order valence-corrected chi connectivity index (χ0v) is 20.2. The molecule has 0 radical (unpaired) electrons. The normalized spacial score (nSPS) is 25.2. The van der Waals surface area contributed by atoms with Crippen molar-refractivity contribution in [1.82, 2.24) is 0 Å². The first-order chi connectivity index (χ1) is 10.7. The molecule has 0 amide bonds. The van der Waals surface area contributed by atoms with Crippen LogP contribution in [0.25, 0.3) is 0 Å². The van der Waals surface area contributed by atoms with Gasteiger partial charge in [0.15, 0.2) is 0 Å². The van der Waals surface area contributed by atoms with E-state index in [4.69, 9.17) is 45.6 Å². The molecular formula is C10H20Na2O10Si2. The Labute approximate surface area is 187 Å². The molecule has 2 spiro atoms. The summed E-state index contributed by atoms with van der Waals surface area (Å²) in [5.41, 5.74) is 0. The van der Waals surface area contributed by atoms with E-state index < -0.39 is 31.3 Å². The third-order valence-corrected chi connectivity index (χ3v) is 7.11. The summed E-state index contributed by atoms with van der Waals surface area (Å²) in [5, 5.41) is 18.0. The largest absolute Gasteiger partial charge is 1.00 e. The molecule has 14 heteroatoms. The zero-order valence-electron chi connectivity index (χ0n) is 14.2. The zero-order chi connectivity index (χ0) is 15.7. The molecule has 0 N–H and O–H groups in total. The van der Waals surface area contributed by atoms with Crippen LogP contribution in [0, 0.1) is 0 Å². The van der Waals surface area contributed by atoms with Gasteiger partial charge in [-0.2, -0.15) is 13.2 Å². The monoisotopic (exact) mass is 402 g/mol. The van der Waals surface area contributed by atoms with Gasteiger partial charge in [0.05, 0.1) is 52.9 Å². The third kappa shape index (κ3) is 8.37. The molecule has 4 aliphatic rings. The predicted octanol–water partition coefficient (Wildman–Crippen LogP) is -9.25. The van der Waals surface area contributed by atoms with Crippen molar-refractivity contribution in [3.05, 3.63) is 0 Å². The summed E-state index contributed by atoms with van der Waals surface area (Å²) in [6, 6.07) is 0. The summed E-state index contributed by atoms with van der Waals surface area (Å²) >= 11 is 0. The van der Waals surface area contributed by atoms with Crippen LogP contribution in [0.1, 0.15) is 0 Å². The molecule has 4 fully saturated rings. The van der Waals surface area contributed by atoms with Crippen molar-refractivity contribution in [2.75, 3.05) is 66.1 Å². The molecule has 0 saturated carbocycles. The van der Waals surface area contributed by atoms with Crippen LogP contribution in [0.5, 0.6) is 0 Å². The molecular weight excluding hydrogens is 382 g/mol. The molecule has 4 heterocycles. The fourth-order valence-corrected chi connectivity index (χ4v) is 5.50. The van der Waals surface area contributed by atoms with Crippen molar-refractivity contribution < 1.29 is 105 Å². The average molecular weight is 402 g/mol. The van der Waals surface area contributed by atoms with Gasteiger partial charge < -0.3 is 45.6 Å². The van der Waals surface area contributed by atoms with E-state index in [2.05, 4.69) is 0 Å². The molecule has 0 atom stereocenters. The number of hydrogen-bond donors (Lipinski definition) is 0. The van der Waals surface area contributed by atoms with Crippen molar-refractivity contribution in [2.45, 2.75) is 0 Å². The van der Waals surface area contributed by atoms with Crippen LogP contribution < -0.4 is 69.3 Å². The van der Waals surface area contributed by atoms with Crippen LogP contribution in [0.15, 0.2) is 0 Å². The van der Waals surface area contributed by atoms with Gasteiger partial charge in [0, 0.05) is 0 Å². The molecule has 10 nitrogen and oxygen atoms in total. The fraction of sp³-hybridized carbons (Fsp3) is 1.00. The first-order valence-electron chi connectivity index (χ1n) is 7.02. The van der Waals surface area contributed by atoms with Crippen molar-refractivity contribution in [2.24, 2.45) is 0 Å². The molecule has 0 unspecified atom stereocenters. The second-order valence-electron chi connectivity index (χ2n) is 4.20. The van der Waals surface area contributed by atoms with Gasteiger partial charge in [0.25, 0.3) is 0 Å². The van der Waals surface area contributed by atoms with E-state index in [9.17, 15) is 0 Å². The predicted molar refractivity (Wildman–Crippen MR) is 68.9 cm³/mol. The van der Waals surface area contributed by atoms with Crippen LogP contribution in [0.2, 0.25) is 0 Å². The Hall–Kier alpha value is 2.03. The quantitative estimate of drug-likeness (QED) is 0.391. The van der Waals surface area contributed by atoms with Crippen molar-refractivity contribution in [3.63, 3.8) is 0 Å². The minimum atomic E-state index is -2.47. The Bertz CT molecular complexity index is 241. The molecule has 0 aromatic rings. The van der Waals surface area contributed by atoms with Gasteiger partial charge in [-0.05, 0) is 0 Å². The van der Waals surface area contributed by atoms with E-state index in [0.717, 1.165) is 0 Å². The Morgan fingerprint density at radius 3 is 0.750 bits per heavy atom.